The minimum absolute atomic E-state index is 0.0369. The third-order valence-corrected chi connectivity index (χ3v) is 4.65. The molecule has 1 amide bonds. The van der Waals surface area contributed by atoms with Crippen LogP contribution >= 0.6 is 0 Å². The van der Waals surface area contributed by atoms with E-state index in [1.807, 2.05) is 13.8 Å². The van der Waals surface area contributed by atoms with E-state index in [1.165, 1.54) is 44.0 Å². The van der Waals surface area contributed by atoms with Crippen LogP contribution < -0.4 is 10.6 Å². The van der Waals surface area contributed by atoms with Crippen molar-refractivity contribution in [2.45, 2.75) is 39.2 Å². The fourth-order valence-electron chi connectivity index (χ4n) is 3.19. The number of aromatic amines is 1. The molecular weight excluding hydrogens is 417 g/mol. The van der Waals surface area contributed by atoms with Crippen molar-refractivity contribution < 1.29 is 19.1 Å². The van der Waals surface area contributed by atoms with E-state index in [-0.39, 0.29) is 23.0 Å². The van der Waals surface area contributed by atoms with E-state index in [0.29, 0.717) is 28.8 Å². The van der Waals surface area contributed by atoms with Crippen molar-refractivity contribution in [1.29, 1.82) is 0 Å². The molecule has 11 heteroatoms. The lowest BCUT2D eigenvalue weighted by molar-refractivity contribution is -0.105. The summed E-state index contributed by atoms with van der Waals surface area (Å²) in [5, 5.41) is 22.2. The van der Waals surface area contributed by atoms with E-state index in [9.17, 15) is 14.7 Å². The quantitative estimate of drug-likeness (QED) is 0.336. The highest BCUT2D eigenvalue weighted by Crippen LogP contribution is 2.38. The molecule has 3 aromatic heterocycles. The molecular formula is C21H22FN7O3. The molecule has 3 heterocycles. The van der Waals surface area contributed by atoms with E-state index in [2.05, 4.69) is 30.8 Å². The number of carbonyl (C=O) groups excluding carboxylic acids is 1. The monoisotopic (exact) mass is 439 g/mol. The van der Waals surface area contributed by atoms with Crippen LogP contribution in [0.25, 0.3) is 27.8 Å². The van der Waals surface area contributed by atoms with Gasteiger partial charge < -0.3 is 20.1 Å². The predicted molar refractivity (Wildman–Crippen MR) is 117 cm³/mol. The average Bonchev–Trinajstić information content (AvgIpc) is 3.45. The van der Waals surface area contributed by atoms with Crippen LogP contribution in [0, 0.1) is 5.82 Å². The SMILES string of the molecule is C1CC1.CC(C)Nc1c(F)c(C(=O)O)c(-c2cn3cc(NC=O)nc3cn2)c2cn[nH]c12. The molecule has 0 aliphatic heterocycles. The van der Waals surface area contributed by atoms with Gasteiger partial charge in [0.25, 0.3) is 0 Å². The van der Waals surface area contributed by atoms with Gasteiger partial charge in [-0.05, 0) is 13.8 Å². The third-order valence-electron chi connectivity index (χ3n) is 4.65. The standard InChI is InChI=1S/C18H16FN7O3.C3H6/c1-8(2)23-17-15(19)14(18(28)29)13(9-3-22-25-16(9)17)10-5-26-6-11(21-7-27)24-12(26)4-20-10;1-2-3-1/h3-8,23H,1-2H3,(H,21,27)(H,22,25)(H,28,29);1-3H2. The van der Waals surface area contributed by atoms with Crippen molar-refractivity contribution in [2.75, 3.05) is 10.6 Å². The van der Waals surface area contributed by atoms with Gasteiger partial charge in [0.2, 0.25) is 6.41 Å². The molecule has 0 saturated heterocycles. The molecule has 1 fully saturated rings. The first kappa shape index (κ1) is 21.2. The minimum atomic E-state index is -1.43. The summed E-state index contributed by atoms with van der Waals surface area (Å²) in [7, 11) is 0. The number of rotatable bonds is 6. The molecule has 4 N–H and O–H groups in total. The molecule has 0 atom stereocenters. The molecule has 1 saturated carbocycles. The summed E-state index contributed by atoms with van der Waals surface area (Å²) in [5.41, 5.74) is 0.596. The number of aromatic carboxylic acids is 1. The third kappa shape index (κ3) is 4.09. The second-order valence-corrected chi connectivity index (χ2v) is 7.69. The number of carboxylic acid groups (broad SMARTS) is 1. The van der Waals surface area contributed by atoms with Crippen LogP contribution in [0.1, 0.15) is 43.5 Å². The number of nitrogens with zero attached hydrogens (tertiary/aromatic N) is 4. The van der Waals surface area contributed by atoms with E-state index >= 15 is 4.39 Å². The van der Waals surface area contributed by atoms with Gasteiger partial charge >= 0.3 is 5.97 Å². The Kier molecular flexibility index (Phi) is 5.71. The molecule has 5 rings (SSSR count). The Bertz CT molecular complexity index is 1310. The summed E-state index contributed by atoms with van der Waals surface area (Å²) >= 11 is 0. The smallest absolute Gasteiger partial charge is 0.339 e. The first-order valence-corrected chi connectivity index (χ1v) is 10.1. The molecule has 0 unspecified atom stereocenters. The summed E-state index contributed by atoms with van der Waals surface area (Å²) in [5.74, 6) is -2.04. The van der Waals surface area contributed by atoms with Gasteiger partial charge in [-0.3, -0.25) is 14.9 Å². The van der Waals surface area contributed by atoms with Gasteiger partial charge in [-0.1, -0.05) is 19.3 Å². The fraction of sp³-hybridized carbons (Fsp3) is 0.286. The van der Waals surface area contributed by atoms with Gasteiger partial charge in [0.05, 0.1) is 35.5 Å². The molecule has 1 aliphatic carbocycles. The number of benzene rings is 1. The molecule has 0 spiro atoms. The number of carbonyl (C=O) groups is 2. The van der Waals surface area contributed by atoms with Gasteiger partial charge in [0.1, 0.15) is 5.56 Å². The van der Waals surface area contributed by atoms with Crippen molar-refractivity contribution >= 4 is 40.4 Å². The number of H-pyrrole nitrogens is 1. The van der Waals surface area contributed by atoms with Crippen LogP contribution in [0.15, 0.2) is 24.8 Å². The lowest BCUT2D eigenvalue weighted by Crippen LogP contribution is -2.15. The van der Waals surface area contributed by atoms with Gasteiger partial charge in [-0.15, -0.1) is 0 Å². The van der Waals surface area contributed by atoms with Crippen LogP contribution in [-0.2, 0) is 4.79 Å². The molecule has 166 valence electrons. The van der Waals surface area contributed by atoms with E-state index < -0.39 is 17.3 Å². The van der Waals surface area contributed by atoms with Crippen molar-refractivity contribution in [3.8, 4) is 11.3 Å². The number of aromatic nitrogens is 5. The highest BCUT2D eigenvalue weighted by atomic mass is 19.1. The predicted octanol–water partition coefficient (Wildman–Crippen LogP) is 3.67. The Morgan fingerprint density at radius 1 is 1.28 bits per heavy atom. The number of imidazole rings is 1. The highest BCUT2D eigenvalue weighted by molar-refractivity contribution is 6.10. The second kappa shape index (κ2) is 8.61. The number of hydrogen-bond donors (Lipinski definition) is 4. The fourth-order valence-corrected chi connectivity index (χ4v) is 3.19. The zero-order chi connectivity index (χ0) is 22.8. The number of carboxylic acids is 1. The number of halogens is 1. The average molecular weight is 439 g/mol. The molecule has 10 nitrogen and oxygen atoms in total. The molecule has 0 radical (unpaired) electrons. The maximum Gasteiger partial charge on any atom is 0.339 e. The maximum atomic E-state index is 15.3. The molecule has 1 aromatic carbocycles. The maximum absolute atomic E-state index is 15.3. The molecule has 32 heavy (non-hydrogen) atoms. The van der Waals surface area contributed by atoms with Gasteiger partial charge in [-0.25, -0.2) is 14.2 Å². The van der Waals surface area contributed by atoms with Gasteiger partial charge in [0.15, 0.2) is 17.3 Å². The molecule has 4 aromatic rings. The highest BCUT2D eigenvalue weighted by Gasteiger charge is 2.27. The summed E-state index contributed by atoms with van der Waals surface area (Å²) in [6.45, 7) is 3.63. The minimum Gasteiger partial charge on any atom is -0.478 e. The molecule has 1 aliphatic rings. The Labute approximate surface area is 181 Å². The van der Waals surface area contributed by atoms with Crippen LogP contribution in [0.2, 0.25) is 0 Å². The van der Waals surface area contributed by atoms with E-state index in [1.54, 1.807) is 4.40 Å². The van der Waals surface area contributed by atoms with Gasteiger partial charge in [-0.2, -0.15) is 5.10 Å². The number of nitrogens with one attached hydrogen (secondary N) is 3. The number of hydrogen-bond acceptors (Lipinski definition) is 6. The van der Waals surface area contributed by atoms with Crippen molar-refractivity contribution in [1.82, 2.24) is 24.6 Å². The van der Waals surface area contributed by atoms with Crippen molar-refractivity contribution in [2.24, 2.45) is 0 Å². The lowest BCUT2D eigenvalue weighted by atomic mass is 9.98. The first-order valence-electron chi connectivity index (χ1n) is 10.1. The summed E-state index contributed by atoms with van der Waals surface area (Å²) in [6, 6.07) is -0.132. The zero-order valence-electron chi connectivity index (χ0n) is 17.5. The first-order chi connectivity index (χ1) is 15.4. The topological polar surface area (TPSA) is 137 Å². The Hall–Kier alpha value is -4.02. The summed E-state index contributed by atoms with van der Waals surface area (Å²) in [4.78, 5) is 31.0. The van der Waals surface area contributed by atoms with Gasteiger partial charge in [0, 0.05) is 23.2 Å². The Morgan fingerprint density at radius 3 is 2.66 bits per heavy atom. The second-order valence-electron chi connectivity index (χ2n) is 7.69. The van der Waals surface area contributed by atoms with Crippen LogP contribution in [-0.4, -0.2) is 48.1 Å². The lowest BCUT2D eigenvalue weighted by Gasteiger charge is -2.16. The van der Waals surface area contributed by atoms with Crippen LogP contribution in [0.3, 0.4) is 0 Å². The van der Waals surface area contributed by atoms with Crippen molar-refractivity contribution in [3.63, 3.8) is 0 Å². The number of fused-ring (bicyclic) bond motifs is 2. The van der Waals surface area contributed by atoms with E-state index in [0.717, 1.165) is 0 Å². The van der Waals surface area contributed by atoms with Crippen molar-refractivity contribution in [3.05, 3.63) is 36.2 Å². The zero-order valence-corrected chi connectivity index (χ0v) is 17.5. The Balaban J connectivity index is 0.000000754. The van der Waals surface area contributed by atoms with Crippen LogP contribution in [0.5, 0.6) is 0 Å². The number of amides is 1. The van der Waals surface area contributed by atoms with E-state index in [4.69, 9.17) is 0 Å². The molecule has 0 bridgehead atoms. The normalized spacial score (nSPS) is 12.5. The summed E-state index contributed by atoms with van der Waals surface area (Å²) < 4.78 is 16.8. The Morgan fingerprint density at radius 2 is 2.03 bits per heavy atom. The largest absolute Gasteiger partial charge is 0.478 e. The summed E-state index contributed by atoms with van der Waals surface area (Å²) in [6.07, 6.45) is 10.9. The van der Waals surface area contributed by atoms with Crippen LogP contribution in [0.4, 0.5) is 15.9 Å². The number of anilines is 2.